The lowest BCUT2D eigenvalue weighted by Gasteiger charge is -2.14. The quantitative estimate of drug-likeness (QED) is 0.820. The largest absolute Gasteiger partial charge is 0.381 e. The number of nitrogens with one attached hydrogen (secondary N) is 1. The Labute approximate surface area is 96.7 Å². The molecule has 1 heterocycles. The van der Waals surface area contributed by atoms with Crippen LogP contribution in [0.1, 0.15) is 17.5 Å². The van der Waals surface area contributed by atoms with Gasteiger partial charge in [-0.1, -0.05) is 0 Å². The minimum absolute atomic E-state index is 0.539. The zero-order valence-corrected chi connectivity index (χ0v) is 9.83. The van der Waals surface area contributed by atoms with Crippen molar-refractivity contribution in [1.29, 1.82) is 5.26 Å². The second-order valence-corrected chi connectivity index (χ2v) is 4.53. The van der Waals surface area contributed by atoms with Gasteiger partial charge in [-0.3, -0.25) is 0 Å². The number of hydrogen-bond donors (Lipinski definition) is 1. The smallest absolute Gasteiger partial charge is 0.0994 e. The molecule has 84 valence electrons. The fourth-order valence-corrected chi connectivity index (χ4v) is 2.17. The van der Waals surface area contributed by atoms with Crippen molar-refractivity contribution >= 4 is 5.69 Å². The molecular weight excluding hydrogens is 198 g/mol. The van der Waals surface area contributed by atoms with E-state index in [9.17, 15) is 0 Å². The number of benzene rings is 1. The van der Waals surface area contributed by atoms with Crippen LogP contribution >= 0.6 is 0 Å². The molecule has 1 aliphatic rings. The third-order valence-electron chi connectivity index (χ3n) is 3.11. The second kappa shape index (κ2) is 4.54. The van der Waals surface area contributed by atoms with E-state index in [0.717, 1.165) is 29.9 Å². The monoisotopic (exact) mass is 215 g/mol. The van der Waals surface area contributed by atoms with Gasteiger partial charge in [-0.15, -0.1) is 0 Å². The summed E-state index contributed by atoms with van der Waals surface area (Å²) in [5.74, 6) is 0. The first-order valence-corrected chi connectivity index (χ1v) is 5.65. The summed E-state index contributed by atoms with van der Waals surface area (Å²) in [4.78, 5) is 2.33. The number of anilines is 1. The molecule has 0 saturated carbocycles. The Morgan fingerprint density at radius 2 is 2.31 bits per heavy atom. The number of nitrogens with zero attached hydrogens (tertiary/aromatic N) is 2. The minimum atomic E-state index is 0.539. The third kappa shape index (κ3) is 2.34. The zero-order valence-electron chi connectivity index (χ0n) is 9.83. The maximum atomic E-state index is 8.85. The van der Waals surface area contributed by atoms with Gasteiger partial charge in [0.05, 0.1) is 11.6 Å². The average molecular weight is 215 g/mol. The molecule has 1 aliphatic heterocycles. The van der Waals surface area contributed by atoms with Crippen LogP contribution in [0.2, 0.25) is 0 Å². The number of rotatable bonds is 2. The Hall–Kier alpha value is -1.53. The van der Waals surface area contributed by atoms with Crippen molar-refractivity contribution in [2.75, 3.05) is 25.5 Å². The fourth-order valence-electron chi connectivity index (χ4n) is 2.17. The molecule has 0 spiro atoms. The van der Waals surface area contributed by atoms with Gasteiger partial charge in [0.15, 0.2) is 0 Å². The van der Waals surface area contributed by atoms with E-state index in [2.05, 4.69) is 29.4 Å². The van der Waals surface area contributed by atoms with E-state index in [4.69, 9.17) is 5.26 Å². The van der Waals surface area contributed by atoms with Crippen molar-refractivity contribution in [3.8, 4) is 6.07 Å². The Morgan fingerprint density at radius 3 is 2.88 bits per heavy atom. The van der Waals surface area contributed by atoms with Crippen molar-refractivity contribution in [3.63, 3.8) is 0 Å². The van der Waals surface area contributed by atoms with Crippen molar-refractivity contribution in [2.24, 2.45) is 0 Å². The van der Waals surface area contributed by atoms with Crippen LogP contribution in [0.3, 0.4) is 0 Å². The maximum Gasteiger partial charge on any atom is 0.0994 e. The molecule has 0 amide bonds. The van der Waals surface area contributed by atoms with Crippen LogP contribution in [-0.2, 0) is 0 Å². The fraction of sp³-hybridized carbons (Fsp3) is 0.462. The summed E-state index contributed by atoms with van der Waals surface area (Å²) in [6.45, 7) is 4.23. The van der Waals surface area contributed by atoms with E-state index < -0.39 is 0 Å². The summed E-state index contributed by atoms with van der Waals surface area (Å²) >= 11 is 0. The predicted molar refractivity (Wildman–Crippen MR) is 65.4 cm³/mol. The van der Waals surface area contributed by atoms with Crippen LogP contribution in [0.5, 0.6) is 0 Å². The predicted octanol–water partition coefficient (Wildman–Crippen LogP) is 1.98. The summed E-state index contributed by atoms with van der Waals surface area (Å²) in [5, 5.41) is 12.4. The molecular formula is C13H17N3. The topological polar surface area (TPSA) is 39.1 Å². The average Bonchev–Trinajstić information content (AvgIpc) is 2.64. The standard InChI is InChI=1S/C13H17N3/c1-10-7-12(4-3-11(10)8-14)15-13-5-6-16(2)9-13/h3-4,7,13,15H,5-6,9H2,1-2H3. The van der Waals surface area contributed by atoms with E-state index in [-0.39, 0.29) is 0 Å². The van der Waals surface area contributed by atoms with Crippen LogP contribution in [0.4, 0.5) is 5.69 Å². The molecule has 0 bridgehead atoms. The van der Waals surface area contributed by atoms with Gasteiger partial charge < -0.3 is 10.2 Å². The highest BCUT2D eigenvalue weighted by molar-refractivity contribution is 5.52. The first-order chi connectivity index (χ1) is 7.69. The molecule has 0 radical (unpaired) electrons. The SMILES string of the molecule is Cc1cc(NC2CCN(C)C2)ccc1C#N. The van der Waals surface area contributed by atoms with Gasteiger partial charge in [-0.05, 0) is 50.7 Å². The van der Waals surface area contributed by atoms with Crippen molar-refractivity contribution in [2.45, 2.75) is 19.4 Å². The molecule has 0 aliphatic carbocycles. The Morgan fingerprint density at radius 1 is 1.50 bits per heavy atom. The maximum absolute atomic E-state index is 8.85. The zero-order chi connectivity index (χ0) is 11.5. The van der Waals surface area contributed by atoms with Gasteiger partial charge in [0.25, 0.3) is 0 Å². The Balaban J connectivity index is 2.05. The third-order valence-corrected chi connectivity index (χ3v) is 3.11. The summed E-state index contributed by atoms with van der Waals surface area (Å²) in [7, 11) is 2.14. The molecule has 1 aromatic rings. The van der Waals surface area contributed by atoms with E-state index in [1.807, 2.05) is 19.1 Å². The van der Waals surface area contributed by atoms with Gasteiger partial charge in [0, 0.05) is 18.3 Å². The van der Waals surface area contributed by atoms with Gasteiger partial charge in [0.2, 0.25) is 0 Å². The van der Waals surface area contributed by atoms with E-state index in [0.29, 0.717) is 6.04 Å². The van der Waals surface area contributed by atoms with Gasteiger partial charge >= 0.3 is 0 Å². The molecule has 1 atom stereocenters. The molecule has 1 N–H and O–H groups in total. The molecule has 1 fully saturated rings. The van der Waals surface area contributed by atoms with E-state index in [1.165, 1.54) is 6.42 Å². The summed E-state index contributed by atoms with van der Waals surface area (Å²) in [6, 6.07) is 8.65. The first-order valence-electron chi connectivity index (χ1n) is 5.65. The molecule has 16 heavy (non-hydrogen) atoms. The van der Waals surface area contributed by atoms with Gasteiger partial charge in [-0.2, -0.15) is 5.26 Å². The van der Waals surface area contributed by atoms with Crippen LogP contribution < -0.4 is 5.32 Å². The lowest BCUT2D eigenvalue weighted by molar-refractivity contribution is 0.414. The molecule has 3 nitrogen and oxygen atoms in total. The molecule has 1 aromatic carbocycles. The van der Waals surface area contributed by atoms with Gasteiger partial charge in [0.1, 0.15) is 0 Å². The number of hydrogen-bond acceptors (Lipinski definition) is 3. The lowest BCUT2D eigenvalue weighted by Crippen LogP contribution is -2.23. The van der Waals surface area contributed by atoms with Crippen molar-refractivity contribution in [1.82, 2.24) is 4.90 Å². The highest BCUT2D eigenvalue weighted by atomic mass is 15.2. The summed E-state index contributed by atoms with van der Waals surface area (Å²) in [6.07, 6.45) is 1.19. The van der Waals surface area contributed by atoms with Crippen LogP contribution in [-0.4, -0.2) is 31.1 Å². The van der Waals surface area contributed by atoms with Crippen molar-refractivity contribution < 1.29 is 0 Å². The van der Waals surface area contributed by atoms with Crippen LogP contribution in [0.25, 0.3) is 0 Å². The van der Waals surface area contributed by atoms with Crippen molar-refractivity contribution in [3.05, 3.63) is 29.3 Å². The van der Waals surface area contributed by atoms with Crippen LogP contribution in [0, 0.1) is 18.3 Å². The van der Waals surface area contributed by atoms with E-state index >= 15 is 0 Å². The number of likely N-dealkylation sites (tertiary alicyclic amines) is 1. The van der Waals surface area contributed by atoms with Gasteiger partial charge in [-0.25, -0.2) is 0 Å². The number of aryl methyl sites for hydroxylation is 1. The number of nitriles is 1. The van der Waals surface area contributed by atoms with E-state index in [1.54, 1.807) is 0 Å². The molecule has 2 rings (SSSR count). The Kier molecular flexibility index (Phi) is 3.12. The lowest BCUT2D eigenvalue weighted by atomic mass is 10.1. The highest BCUT2D eigenvalue weighted by Crippen LogP contribution is 2.18. The molecule has 1 unspecified atom stereocenters. The molecule has 1 saturated heterocycles. The first kappa shape index (κ1) is 11.0. The molecule has 3 heteroatoms. The summed E-state index contributed by atoms with van der Waals surface area (Å²) < 4.78 is 0. The molecule has 0 aromatic heterocycles. The van der Waals surface area contributed by atoms with Crippen LogP contribution in [0.15, 0.2) is 18.2 Å². The highest BCUT2D eigenvalue weighted by Gasteiger charge is 2.18. The second-order valence-electron chi connectivity index (χ2n) is 4.53. The normalized spacial score (nSPS) is 20.7. The number of likely N-dealkylation sites (N-methyl/N-ethyl adjacent to an activating group) is 1. The Bertz CT molecular complexity index is 420. The summed E-state index contributed by atoms with van der Waals surface area (Å²) in [5.41, 5.74) is 2.92. The minimum Gasteiger partial charge on any atom is -0.381 e.